The summed E-state index contributed by atoms with van der Waals surface area (Å²) < 4.78 is 6.26. The van der Waals surface area contributed by atoms with Crippen molar-refractivity contribution in [2.75, 3.05) is 7.11 Å². The zero-order valence-corrected chi connectivity index (χ0v) is 11.2. The third-order valence-electron chi connectivity index (χ3n) is 2.30. The van der Waals surface area contributed by atoms with Crippen LogP contribution in [0.15, 0.2) is 21.6 Å². The molecule has 0 aliphatic carbocycles. The zero-order chi connectivity index (χ0) is 12.1. The highest BCUT2D eigenvalue weighted by Gasteiger charge is 2.13. The molecule has 0 atom stereocenters. The fourth-order valence-corrected chi connectivity index (χ4v) is 2.20. The Morgan fingerprint density at radius 2 is 2.19 bits per heavy atom. The van der Waals surface area contributed by atoms with Gasteiger partial charge < -0.3 is 4.74 Å². The predicted molar refractivity (Wildman–Crippen MR) is 66.6 cm³/mol. The van der Waals surface area contributed by atoms with Crippen molar-refractivity contribution in [3.05, 3.63) is 27.7 Å². The highest BCUT2D eigenvalue weighted by molar-refractivity contribution is 9.10. The van der Waals surface area contributed by atoms with Gasteiger partial charge in [0.05, 0.1) is 13.7 Å². The first-order valence-corrected chi connectivity index (χ1v) is 5.79. The molecule has 0 heterocycles. The molecule has 4 heteroatoms. The van der Waals surface area contributed by atoms with Crippen molar-refractivity contribution in [3.63, 3.8) is 0 Å². The smallest absolute Gasteiger partial charge is 0.235 e. The standard InChI is InChI=1S/C12H14BrNO2/c1-8(2)12-9(6-14-7-15)4-10(13)5-11(12)16-3/h4-5,8H,6H2,1-3H3. The number of ether oxygens (including phenoxy) is 1. The predicted octanol–water partition coefficient (Wildman–Crippen LogP) is 3.42. The number of carbonyl (C=O) groups excluding carboxylic acids is 1. The summed E-state index contributed by atoms with van der Waals surface area (Å²) in [6.45, 7) is 4.51. The van der Waals surface area contributed by atoms with Crippen molar-refractivity contribution in [3.8, 4) is 5.75 Å². The van der Waals surface area contributed by atoms with E-state index in [9.17, 15) is 4.79 Å². The van der Waals surface area contributed by atoms with E-state index in [2.05, 4.69) is 34.8 Å². The molecule has 0 fully saturated rings. The summed E-state index contributed by atoms with van der Waals surface area (Å²) in [5.74, 6) is 1.14. The van der Waals surface area contributed by atoms with Crippen LogP contribution in [0, 0.1) is 0 Å². The average molecular weight is 284 g/mol. The van der Waals surface area contributed by atoms with E-state index >= 15 is 0 Å². The molecule has 0 saturated carbocycles. The largest absolute Gasteiger partial charge is 0.496 e. The fraction of sp³-hybridized carbons (Fsp3) is 0.417. The summed E-state index contributed by atoms with van der Waals surface area (Å²) in [6, 6.07) is 3.88. The molecule has 1 aromatic carbocycles. The lowest BCUT2D eigenvalue weighted by Gasteiger charge is -2.16. The van der Waals surface area contributed by atoms with Crippen molar-refractivity contribution < 1.29 is 9.53 Å². The molecule has 0 spiro atoms. The first-order chi connectivity index (χ1) is 7.60. The monoisotopic (exact) mass is 283 g/mol. The van der Waals surface area contributed by atoms with Crippen molar-refractivity contribution in [2.24, 2.45) is 4.99 Å². The number of hydrogen-bond acceptors (Lipinski definition) is 3. The van der Waals surface area contributed by atoms with Gasteiger partial charge in [0.25, 0.3) is 0 Å². The second kappa shape index (κ2) is 5.83. The first-order valence-electron chi connectivity index (χ1n) is 5.00. The molecule has 16 heavy (non-hydrogen) atoms. The molecule has 0 N–H and O–H groups in total. The van der Waals surface area contributed by atoms with Crippen LogP contribution in [-0.2, 0) is 11.3 Å². The Hall–Kier alpha value is -1.12. The lowest BCUT2D eigenvalue weighted by Crippen LogP contribution is -2.00. The molecule has 1 rings (SSSR count). The Morgan fingerprint density at radius 1 is 1.50 bits per heavy atom. The van der Waals surface area contributed by atoms with Crippen LogP contribution in [0.25, 0.3) is 0 Å². The normalized spacial score (nSPS) is 10.1. The second-order valence-electron chi connectivity index (χ2n) is 3.74. The van der Waals surface area contributed by atoms with Crippen molar-refractivity contribution in [2.45, 2.75) is 26.3 Å². The molecule has 1 aromatic rings. The summed E-state index contributed by atoms with van der Waals surface area (Å²) in [5.41, 5.74) is 2.08. The van der Waals surface area contributed by atoms with Gasteiger partial charge >= 0.3 is 0 Å². The van der Waals surface area contributed by atoms with E-state index < -0.39 is 0 Å². The van der Waals surface area contributed by atoms with Gasteiger partial charge in [0, 0.05) is 10.0 Å². The molecule has 0 aliphatic rings. The number of aliphatic imine (C=N–C) groups is 1. The Balaban J connectivity index is 3.31. The number of hydrogen-bond donors (Lipinski definition) is 0. The van der Waals surface area contributed by atoms with Crippen LogP contribution in [0.2, 0.25) is 0 Å². The molecule has 0 bridgehead atoms. The quantitative estimate of drug-likeness (QED) is 0.627. The van der Waals surface area contributed by atoms with E-state index in [0.29, 0.717) is 12.5 Å². The Bertz CT molecular complexity index is 423. The molecular weight excluding hydrogens is 270 g/mol. The highest BCUT2D eigenvalue weighted by atomic mass is 79.9. The molecule has 0 amide bonds. The van der Waals surface area contributed by atoms with Gasteiger partial charge in [-0.1, -0.05) is 29.8 Å². The Kier molecular flexibility index (Phi) is 4.71. The summed E-state index contributed by atoms with van der Waals surface area (Å²) in [6.07, 6.45) is 1.56. The first kappa shape index (κ1) is 12.9. The number of isocyanates is 1. The number of methoxy groups -OCH3 is 1. The van der Waals surface area contributed by atoms with E-state index in [0.717, 1.165) is 21.3 Å². The fourth-order valence-electron chi connectivity index (χ4n) is 1.72. The average Bonchev–Trinajstić information content (AvgIpc) is 2.24. The molecule has 0 aliphatic heterocycles. The molecular formula is C12H14BrNO2. The zero-order valence-electron chi connectivity index (χ0n) is 9.58. The molecule has 0 radical (unpaired) electrons. The van der Waals surface area contributed by atoms with E-state index in [1.165, 1.54) is 0 Å². The maximum absolute atomic E-state index is 10.2. The van der Waals surface area contributed by atoms with Gasteiger partial charge in [-0.2, -0.15) is 0 Å². The Morgan fingerprint density at radius 3 is 2.69 bits per heavy atom. The summed E-state index contributed by atoms with van der Waals surface area (Å²) >= 11 is 3.41. The van der Waals surface area contributed by atoms with Crippen LogP contribution in [0.1, 0.15) is 30.9 Å². The van der Waals surface area contributed by atoms with Gasteiger partial charge in [-0.15, -0.1) is 0 Å². The van der Waals surface area contributed by atoms with Crippen molar-refractivity contribution in [1.82, 2.24) is 0 Å². The molecule has 0 aromatic heterocycles. The molecule has 0 unspecified atom stereocenters. The van der Waals surface area contributed by atoms with Gasteiger partial charge in [0.2, 0.25) is 6.08 Å². The van der Waals surface area contributed by atoms with Crippen LogP contribution in [-0.4, -0.2) is 13.2 Å². The highest BCUT2D eigenvalue weighted by Crippen LogP contribution is 2.33. The van der Waals surface area contributed by atoms with Crippen LogP contribution < -0.4 is 4.74 Å². The van der Waals surface area contributed by atoms with Gasteiger partial charge in [0.15, 0.2) is 0 Å². The SMILES string of the molecule is COc1cc(Br)cc(CN=C=O)c1C(C)C. The summed E-state index contributed by atoms with van der Waals surface area (Å²) in [5, 5.41) is 0. The van der Waals surface area contributed by atoms with Gasteiger partial charge in [-0.25, -0.2) is 9.79 Å². The topological polar surface area (TPSA) is 38.7 Å². The minimum absolute atomic E-state index is 0.319. The summed E-state index contributed by atoms with van der Waals surface area (Å²) in [4.78, 5) is 13.8. The van der Waals surface area contributed by atoms with Crippen LogP contribution in [0.3, 0.4) is 0 Å². The maximum Gasteiger partial charge on any atom is 0.235 e. The number of nitrogens with zero attached hydrogens (tertiary/aromatic N) is 1. The van der Waals surface area contributed by atoms with E-state index in [4.69, 9.17) is 4.74 Å². The minimum Gasteiger partial charge on any atom is -0.496 e. The Labute approximate surface area is 104 Å². The number of rotatable bonds is 4. The van der Waals surface area contributed by atoms with E-state index in [-0.39, 0.29) is 0 Å². The molecule has 3 nitrogen and oxygen atoms in total. The third kappa shape index (κ3) is 2.94. The summed E-state index contributed by atoms with van der Waals surface area (Å²) in [7, 11) is 1.64. The van der Waals surface area contributed by atoms with Gasteiger partial charge in [-0.3, -0.25) is 0 Å². The number of halogens is 1. The van der Waals surface area contributed by atoms with Crippen LogP contribution >= 0.6 is 15.9 Å². The van der Waals surface area contributed by atoms with Crippen LogP contribution in [0.5, 0.6) is 5.75 Å². The minimum atomic E-state index is 0.319. The molecule has 86 valence electrons. The van der Waals surface area contributed by atoms with Crippen molar-refractivity contribution in [1.29, 1.82) is 0 Å². The third-order valence-corrected chi connectivity index (χ3v) is 2.76. The van der Waals surface area contributed by atoms with Crippen molar-refractivity contribution >= 4 is 22.0 Å². The van der Waals surface area contributed by atoms with Crippen LogP contribution in [0.4, 0.5) is 0 Å². The lowest BCUT2D eigenvalue weighted by atomic mass is 9.96. The van der Waals surface area contributed by atoms with E-state index in [1.54, 1.807) is 13.2 Å². The second-order valence-corrected chi connectivity index (χ2v) is 4.66. The molecule has 0 saturated heterocycles. The van der Waals surface area contributed by atoms with Gasteiger partial charge in [0.1, 0.15) is 5.75 Å². The number of benzene rings is 1. The lowest BCUT2D eigenvalue weighted by molar-refractivity contribution is 0.406. The van der Waals surface area contributed by atoms with E-state index in [1.807, 2.05) is 12.1 Å². The van der Waals surface area contributed by atoms with Gasteiger partial charge in [-0.05, 0) is 23.6 Å². The maximum atomic E-state index is 10.2.